The molecule has 1 amide bonds. The number of aromatic nitrogens is 2. The van der Waals surface area contributed by atoms with Crippen molar-refractivity contribution in [3.05, 3.63) is 98.2 Å². The lowest BCUT2D eigenvalue weighted by molar-refractivity contribution is -0.387. The molecule has 1 aliphatic carbocycles. The highest BCUT2D eigenvalue weighted by Gasteiger charge is 2.25. The molecule has 1 N–H and O–H groups in total. The lowest BCUT2D eigenvalue weighted by Gasteiger charge is -2.13. The summed E-state index contributed by atoms with van der Waals surface area (Å²) in [7, 11) is 0. The van der Waals surface area contributed by atoms with Crippen LogP contribution in [0.4, 0.5) is 16.4 Å². The van der Waals surface area contributed by atoms with Gasteiger partial charge in [-0.1, -0.05) is 23.8 Å². The highest BCUT2D eigenvalue weighted by Crippen LogP contribution is 2.40. The number of rotatable bonds is 7. The monoisotopic (exact) mass is 529 g/mol. The minimum Gasteiger partial charge on any atom is -0.322 e. The molecule has 0 saturated carbocycles. The van der Waals surface area contributed by atoms with Crippen LogP contribution in [0, 0.1) is 17.0 Å². The second-order valence-corrected chi connectivity index (χ2v) is 10.7. The van der Waals surface area contributed by atoms with Crippen molar-refractivity contribution in [3.63, 3.8) is 0 Å². The summed E-state index contributed by atoms with van der Waals surface area (Å²) in [5.74, 6) is -0.184. The Bertz CT molecular complexity index is 1480. The number of benzene rings is 2. The topological polar surface area (TPSA) is 110 Å². The van der Waals surface area contributed by atoms with E-state index in [4.69, 9.17) is 0 Å². The van der Waals surface area contributed by atoms with Gasteiger partial charge in [-0.2, -0.15) is 0 Å². The van der Waals surface area contributed by atoms with Crippen molar-refractivity contribution in [3.8, 4) is 0 Å². The number of nitro benzene ring substituents is 1. The number of carbonyl (C=O) groups is 1. The first-order valence-corrected chi connectivity index (χ1v) is 13.4. The van der Waals surface area contributed by atoms with Crippen LogP contribution in [0.2, 0.25) is 0 Å². The Morgan fingerprint density at radius 2 is 1.89 bits per heavy atom. The minimum atomic E-state index is -0.424. The molecule has 0 atom stereocenters. The van der Waals surface area contributed by atoms with Gasteiger partial charge < -0.3 is 5.32 Å². The second-order valence-electron chi connectivity index (χ2n) is 8.59. The lowest BCUT2D eigenvalue weighted by atomic mass is 9.95. The number of hydrogen-bond donors (Lipinski definition) is 1. The Hall–Kier alpha value is -3.89. The standard InChI is InChI=1S/C27H23N5O3S2/c1-17-7-10-19(11-8-17)31-25(33)24-20-5-2-3-6-22(20)36-26(24)30-16-18-9-12-23(21(15-18)32(34)35)37-27-28-13-4-14-29-27/h4,7-16H,2-3,5-6H2,1H3,(H,31,33). The van der Waals surface area contributed by atoms with E-state index >= 15 is 0 Å². The molecule has 2 heterocycles. The van der Waals surface area contributed by atoms with Gasteiger partial charge in [-0.25, -0.2) is 15.0 Å². The van der Waals surface area contributed by atoms with E-state index in [9.17, 15) is 14.9 Å². The summed E-state index contributed by atoms with van der Waals surface area (Å²) in [6.07, 6.45) is 8.67. The molecule has 1 aliphatic rings. The number of aliphatic imine (C=N–C) groups is 1. The third kappa shape index (κ3) is 5.76. The summed E-state index contributed by atoms with van der Waals surface area (Å²) in [5.41, 5.74) is 4.02. The Labute approximate surface area is 222 Å². The molecule has 4 aromatic rings. The van der Waals surface area contributed by atoms with E-state index in [0.29, 0.717) is 26.2 Å². The number of aryl methyl sites for hydroxylation is 2. The Kier molecular flexibility index (Phi) is 7.38. The van der Waals surface area contributed by atoms with E-state index < -0.39 is 4.92 Å². The molecule has 5 rings (SSSR count). The summed E-state index contributed by atoms with van der Waals surface area (Å²) in [4.78, 5) is 39.2. The van der Waals surface area contributed by atoms with E-state index in [1.807, 2.05) is 31.2 Å². The minimum absolute atomic E-state index is 0.0517. The first-order chi connectivity index (χ1) is 18.0. The third-order valence-electron chi connectivity index (χ3n) is 5.94. The molecule has 0 bridgehead atoms. The zero-order chi connectivity index (χ0) is 25.8. The first kappa shape index (κ1) is 24.8. The smallest absolute Gasteiger partial charge is 0.283 e. The van der Waals surface area contributed by atoms with Crippen molar-refractivity contribution in [1.29, 1.82) is 0 Å². The number of nitro groups is 1. The van der Waals surface area contributed by atoms with Gasteiger partial charge in [0.15, 0.2) is 5.16 Å². The second kappa shape index (κ2) is 11.0. The Morgan fingerprint density at radius 1 is 1.14 bits per heavy atom. The van der Waals surface area contributed by atoms with Crippen LogP contribution in [0.25, 0.3) is 0 Å². The summed E-state index contributed by atoms with van der Waals surface area (Å²) < 4.78 is 0. The number of hydrogen-bond acceptors (Lipinski definition) is 8. The fourth-order valence-corrected chi connectivity index (χ4v) is 6.15. The predicted molar refractivity (Wildman–Crippen MR) is 147 cm³/mol. The van der Waals surface area contributed by atoms with Crippen LogP contribution >= 0.6 is 23.1 Å². The SMILES string of the molecule is Cc1ccc(NC(=O)c2c(N=Cc3ccc(Sc4ncccn4)c([N+](=O)[O-])c3)sc3c2CCCC3)cc1. The van der Waals surface area contributed by atoms with Gasteiger partial charge in [-0.15, -0.1) is 11.3 Å². The molecule has 0 fully saturated rings. The average Bonchev–Trinajstić information content (AvgIpc) is 3.28. The van der Waals surface area contributed by atoms with Crippen LogP contribution in [0.15, 0.2) is 76.0 Å². The van der Waals surface area contributed by atoms with E-state index in [-0.39, 0.29) is 11.6 Å². The quantitative estimate of drug-likeness (QED) is 0.122. The van der Waals surface area contributed by atoms with Crippen molar-refractivity contribution >= 4 is 51.6 Å². The number of anilines is 1. The predicted octanol–water partition coefficient (Wildman–Crippen LogP) is 6.79. The number of fused-ring (bicyclic) bond motifs is 1. The third-order valence-corrected chi connectivity index (χ3v) is 8.10. The van der Waals surface area contributed by atoms with Gasteiger partial charge in [0.2, 0.25) is 0 Å². The Morgan fingerprint density at radius 3 is 2.65 bits per heavy atom. The summed E-state index contributed by atoms with van der Waals surface area (Å²) in [6, 6.07) is 14.3. The largest absolute Gasteiger partial charge is 0.322 e. The van der Waals surface area contributed by atoms with Gasteiger partial charge in [0.1, 0.15) is 5.00 Å². The number of carbonyl (C=O) groups excluding carboxylic acids is 1. The number of amides is 1. The summed E-state index contributed by atoms with van der Waals surface area (Å²) >= 11 is 2.66. The van der Waals surface area contributed by atoms with Crippen molar-refractivity contribution in [2.75, 3.05) is 5.32 Å². The summed E-state index contributed by atoms with van der Waals surface area (Å²) in [5, 5.41) is 15.8. The molecule has 37 heavy (non-hydrogen) atoms. The highest BCUT2D eigenvalue weighted by atomic mass is 32.2. The number of nitrogens with one attached hydrogen (secondary N) is 1. The fourth-order valence-electron chi connectivity index (χ4n) is 4.12. The fraction of sp³-hybridized carbons (Fsp3) is 0.185. The van der Waals surface area contributed by atoms with Crippen LogP contribution in [0.5, 0.6) is 0 Å². The van der Waals surface area contributed by atoms with Crippen LogP contribution in [-0.2, 0) is 12.8 Å². The van der Waals surface area contributed by atoms with Gasteiger partial charge in [0, 0.05) is 35.2 Å². The van der Waals surface area contributed by atoms with E-state index in [1.54, 1.807) is 36.8 Å². The van der Waals surface area contributed by atoms with E-state index in [1.165, 1.54) is 22.3 Å². The number of nitrogens with zero attached hydrogens (tertiary/aromatic N) is 4. The molecule has 2 aromatic heterocycles. The molecule has 0 unspecified atom stereocenters. The average molecular weight is 530 g/mol. The molecule has 186 valence electrons. The normalized spacial score (nSPS) is 12.9. The van der Waals surface area contributed by atoms with Crippen LogP contribution < -0.4 is 5.32 Å². The maximum atomic E-state index is 13.3. The molecule has 0 radical (unpaired) electrons. The molecule has 2 aromatic carbocycles. The van der Waals surface area contributed by atoms with Crippen molar-refractivity contribution in [1.82, 2.24) is 9.97 Å². The van der Waals surface area contributed by atoms with Crippen molar-refractivity contribution in [2.45, 2.75) is 42.7 Å². The summed E-state index contributed by atoms with van der Waals surface area (Å²) in [6.45, 7) is 2.00. The van der Waals surface area contributed by atoms with Gasteiger partial charge >= 0.3 is 0 Å². The maximum Gasteiger partial charge on any atom is 0.283 e. The molecular weight excluding hydrogens is 506 g/mol. The molecule has 8 nitrogen and oxygen atoms in total. The Balaban J connectivity index is 1.44. The van der Waals surface area contributed by atoms with Crippen LogP contribution in [0.3, 0.4) is 0 Å². The van der Waals surface area contributed by atoms with E-state index in [2.05, 4.69) is 20.3 Å². The van der Waals surface area contributed by atoms with Gasteiger partial charge in [-0.05, 0) is 79.8 Å². The zero-order valence-corrected chi connectivity index (χ0v) is 21.6. The van der Waals surface area contributed by atoms with Gasteiger partial charge in [-0.3, -0.25) is 14.9 Å². The highest BCUT2D eigenvalue weighted by molar-refractivity contribution is 7.99. The number of thiophene rings is 1. The van der Waals surface area contributed by atoms with Crippen molar-refractivity contribution < 1.29 is 9.72 Å². The van der Waals surface area contributed by atoms with Gasteiger partial charge in [0.25, 0.3) is 11.6 Å². The van der Waals surface area contributed by atoms with Crippen LogP contribution in [0.1, 0.15) is 44.8 Å². The molecular formula is C27H23N5O3S2. The van der Waals surface area contributed by atoms with Crippen LogP contribution in [-0.4, -0.2) is 27.0 Å². The maximum absolute atomic E-state index is 13.3. The molecule has 0 aliphatic heterocycles. The zero-order valence-electron chi connectivity index (χ0n) is 20.0. The van der Waals surface area contributed by atoms with Gasteiger partial charge in [0.05, 0.1) is 15.4 Å². The van der Waals surface area contributed by atoms with E-state index in [0.717, 1.165) is 54.3 Å². The molecule has 0 spiro atoms. The first-order valence-electron chi connectivity index (χ1n) is 11.8. The molecule has 0 saturated heterocycles. The van der Waals surface area contributed by atoms with Crippen molar-refractivity contribution in [2.24, 2.45) is 4.99 Å². The molecule has 10 heteroatoms. The lowest BCUT2D eigenvalue weighted by Crippen LogP contribution is -2.14.